The zero-order valence-corrected chi connectivity index (χ0v) is 15.4. The fraction of sp³-hybridized carbons (Fsp3) is 0.941. The first-order valence-corrected chi connectivity index (χ1v) is 8.54. The van der Waals surface area contributed by atoms with Gasteiger partial charge in [-0.05, 0) is 66.0 Å². The van der Waals surface area contributed by atoms with Crippen LogP contribution >= 0.6 is 0 Å². The van der Waals surface area contributed by atoms with E-state index in [1.807, 2.05) is 7.05 Å². The number of hydrogen-bond donors (Lipinski definition) is 2. The second kappa shape index (κ2) is 11.8. The third-order valence-electron chi connectivity index (χ3n) is 3.90. The average Bonchev–Trinajstić information content (AvgIpc) is 2.42. The predicted molar refractivity (Wildman–Crippen MR) is 95.0 cm³/mol. The quantitative estimate of drug-likeness (QED) is 0.370. The van der Waals surface area contributed by atoms with E-state index in [2.05, 4.69) is 62.2 Å². The van der Waals surface area contributed by atoms with Gasteiger partial charge in [-0.25, -0.2) is 0 Å². The number of rotatable bonds is 10. The summed E-state index contributed by atoms with van der Waals surface area (Å²) >= 11 is 0. The second-order valence-electron chi connectivity index (χ2n) is 6.80. The van der Waals surface area contributed by atoms with Crippen molar-refractivity contribution < 1.29 is 0 Å². The molecule has 126 valence electrons. The molecule has 0 fully saturated rings. The highest BCUT2D eigenvalue weighted by Gasteiger charge is 2.06. The Bertz CT molecular complexity index is 274. The number of nitrogens with one attached hydrogen (secondary N) is 2. The van der Waals surface area contributed by atoms with E-state index in [4.69, 9.17) is 0 Å². The zero-order chi connectivity index (χ0) is 16.3. The molecule has 0 rings (SSSR count). The summed E-state index contributed by atoms with van der Waals surface area (Å²) in [6.45, 7) is 13.4. The van der Waals surface area contributed by atoms with Crippen LogP contribution in [0.5, 0.6) is 0 Å². The molecule has 0 saturated heterocycles. The van der Waals surface area contributed by atoms with E-state index in [0.29, 0.717) is 12.1 Å². The number of aliphatic imine (C=N–C) groups is 1. The molecule has 0 heterocycles. The van der Waals surface area contributed by atoms with Gasteiger partial charge in [0.05, 0.1) is 0 Å². The normalized spacial score (nSPS) is 14.1. The molecule has 0 radical (unpaired) electrons. The lowest BCUT2D eigenvalue weighted by Gasteiger charge is -2.21. The molecule has 4 nitrogen and oxygen atoms in total. The molecule has 4 heteroatoms. The summed E-state index contributed by atoms with van der Waals surface area (Å²) in [6.07, 6.45) is 4.85. The van der Waals surface area contributed by atoms with Crippen molar-refractivity contribution in [3.05, 3.63) is 0 Å². The van der Waals surface area contributed by atoms with Crippen LogP contribution < -0.4 is 10.6 Å². The van der Waals surface area contributed by atoms with E-state index < -0.39 is 0 Å². The molecular formula is C17H38N4. The summed E-state index contributed by atoms with van der Waals surface area (Å²) < 4.78 is 0. The molecule has 1 atom stereocenters. The highest BCUT2D eigenvalue weighted by Crippen LogP contribution is 2.06. The molecule has 0 spiro atoms. The Morgan fingerprint density at radius 2 is 1.71 bits per heavy atom. The van der Waals surface area contributed by atoms with Crippen molar-refractivity contribution in [3.8, 4) is 0 Å². The minimum Gasteiger partial charge on any atom is -0.356 e. The van der Waals surface area contributed by atoms with Crippen molar-refractivity contribution in [1.82, 2.24) is 15.5 Å². The van der Waals surface area contributed by atoms with E-state index in [9.17, 15) is 0 Å². The van der Waals surface area contributed by atoms with Crippen LogP contribution in [0.1, 0.15) is 60.3 Å². The standard InChI is InChI=1S/C17H38N4/c1-14(2)10-11-16(5)20-17(18-6)19-12-8-9-13-21(7)15(3)4/h14-16H,8-13H2,1-7H3,(H2,18,19,20). The molecule has 0 aliphatic carbocycles. The smallest absolute Gasteiger partial charge is 0.191 e. The maximum Gasteiger partial charge on any atom is 0.191 e. The largest absolute Gasteiger partial charge is 0.356 e. The third-order valence-corrected chi connectivity index (χ3v) is 3.90. The zero-order valence-electron chi connectivity index (χ0n) is 15.4. The summed E-state index contributed by atoms with van der Waals surface area (Å²) in [5.41, 5.74) is 0. The minimum absolute atomic E-state index is 0.477. The highest BCUT2D eigenvalue weighted by molar-refractivity contribution is 5.79. The van der Waals surface area contributed by atoms with Gasteiger partial charge in [0.25, 0.3) is 0 Å². The summed E-state index contributed by atoms with van der Waals surface area (Å²) in [6, 6.07) is 1.11. The van der Waals surface area contributed by atoms with E-state index in [1.54, 1.807) is 0 Å². The third kappa shape index (κ3) is 11.6. The van der Waals surface area contributed by atoms with Gasteiger partial charge in [-0.1, -0.05) is 13.8 Å². The second-order valence-corrected chi connectivity index (χ2v) is 6.80. The van der Waals surface area contributed by atoms with Crippen LogP contribution in [-0.2, 0) is 0 Å². The van der Waals surface area contributed by atoms with Crippen molar-refractivity contribution >= 4 is 5.96 Å². The first kappa shape index (κ1) is 20.2. The van der Waals surface area contributed by atoms with E-state index in [0.717, 1.165) is 25.0 Å². The maximum atomic E-state index is 4.30. The predicted octanol–water partition coefficient (Wildman–Crippen LogP) is 3.10. The van der Waals surface area contributed by atoms with Crippen LogP contribution in [0.2, 0.25) is 0 Å². The van der Waals surface area contributed by atoms with Crippen LogP contribution in [0.15, 0.2) is 4.99 Å². The topological polar surface area (TPSA) is 39.7 Å². The van der Waals surface area contributed by atoms with Gasteiger partial charge in [0.1, 0.15) is 0 Å². The van der Waals surface area contributed by atoms with Crippen LogP contribution in [0, 0.1) is 5.92 Å². The van der Waals surface area contributed by atoms with Gasteiger partial charge in [-0.3, -0.25) is 4.99 Å². The Morgan fingerprint density at radius 1 is 1.05 bits per heavy atom. The van der Waals surface area contributed by atoms with E-state index in [-0.39, 0.29) is 0 Å². The van der Waals surface area contributed by atoms with Crippen molar-refractivity contribution in [1.29, 1.82) is 0 Å². The maximum absolute atomic E-state index is 4.30. The Balaban J connectivity index is 3.76. The van der Waals surface area contributed by atoms with Gasteiger partial charge in [0, 0.05) is 25.7 Å². The monoisotopic (exact) mass is 298 g/mol. The molecule has 0 amide bonds. The molecule has 1 unspecified atom stereocenters. The van der Waals surface area contributed by atoms with Gasteiger partial charge in [0.15, 0.2) is 5.96 Å². The van der Waals surface area contributed by atoms with Gasteiger partial charge >= 0.3 is 0 Å². The van der Waals surface area contributed by atoms with Crippen molar-refractivity contribution in [2.75, 3.05) is 27.2 Å². The van der Waals surface area contributed by atoms with Crippen LogP contribution in [0.4, 0.5) is 0 Å². The Labute approximate surface area is 132 Å². The average molecular weight is 299 g/mol. The molecule has 0 aliphatic heterocycles. The summed E-state index contributed by atoms with van der Waals surface area (Å²) in [4.78, 5) is 6.69. The first-order valence-electron chi connectivity index (χ1n) is 8.54. The fourth-order valence-corrected chi connectivity index (χ4v) is 2.03. The number of hydrogen-bond acceptors (Lipinski definition) is 2. The van der Waals surface area contributed by atoms with Crippen molar-refractivity contribution in [2.45, 2.75) is 72.4 Å². The molecule has 0 aliphatic rings. The van der Waals surface area contributed by atoms with E-state index >= 15 is 0 Å². The molecule has 0 aromatic rings. The lowest BCUT2D eigenvalue weighted by molar-refractivity contribution is 0.268. The first-order chi connectivity index (χ1) is 9.86. The lowest BCUT2D eigenvalue weighted by atomic mass is 10.0. The van der Waals surface area contributed by atoms with Gasteiger partial charge in [-0.15, -0.1) is 0 Å². The molecule has 2 N–H and O–H groups in total. The lowest BCUT2D eigenvalue weighted by Crippen LogP contribution is -2.42. The molecule has 21 heavy (non-hydrogen) atoms. The van der Waals surface area contributed by atoms with Gasteiger partial charge in [-0.2, -0.15) is 0 Å². The van der Waals surface area contributed by atoms with Crippen molar-refractivity contribution in [2.24, 2.45) is 10.9 Å². The molecule has 0 aromatic heterocycles. The number of guanidine groups is 1. The summed E-state index contributed by atoms with van der Waals surface area (Å²) in [5, 5.41) is 6.88. The SMILES string of the molecule is CN=C(NCCCCN(C)C(C)C)NC(C)CCC(C)C. The Kier molecular flexibility index (Phi) is 11.4. The Morgan fingerprint density at radius 3 is 2.24 bits per heavy atom. The summed E-state index contributed by atoms with van der Waals surface area (Å²) in [7, 11) is 4.03. The van der Waals surface area contributed by atoms with Crippen LogP contribution in [0.25, 0.3) is 0 Å². The fourth-order valence-electron chi connectivity index (χ4n) is 2.03. The highest BCUT2D eigenvalue weighted by atomic mass is 15.2. The van der Waals surface area contributed by atoms with Crippen LogP contribution in [-0.4, -0.2) is 50.1 Å². The van der Waals surface area contributed by atoms with E-state index in [1.165, 1.54) is 25.7 Å². The number of unbranched alkanes of at least 4 members (excludes halogenated alkanes) is 1. The molecule has 0 bridgehead atoms. The van der Waals surface area contributed by atoms with Crippen LogP contribution in [0.3, 0.4) is 0 Å². The number of nitrogens with zero attached hydrogens (tertiary/aromatic N) is 2. The molecule has 0 aromatic carbocycles. The minimum atomic E-state index is 0.477. The van der Waals surface area contributed by atoms with Gasteiger partial charge in [0.2, 0.25) is 0 Å². The molecular weight excluding hydrogens is 260 g/mol. The van der Waals surface area contributed by atoms with Crippen molar-refractivity contribution in [3.63, 3.8) is 0 Å². The molecule has 0 saturated carbocycles. The van der Waals surface area contributed by atoms with Gasteiger partial charge < -0.3 is 15.5 Å². The summed E-state index contributed by atoms with van der Waals surface area (Å²) in [5.74, 6) is 1.70. The Hall–Kier alpha value is -0.770.